The second-order valence-corrected chi connectivity index (χ2v) is 5.76. The standard InChI is InChI=1S/C17H18N4O3/c1-11-10-12(4-5-13(11)17(23)24)18-16(22)14-6-7-15(20-19-14)21-8-2-3-9-21/h4-7,10H,2-3,8-9H2,1H3,(H,18,22)(H,23,24). The molecule has 0 saturated carbocycles. The Kier molecular flexibility index (Phi) is 4.41. The van der Waals surface area contributed by atoms with Crippen molar-refractivity contribution in [3.8, 4) is 0 Å². The maximum atomic E-state index is 12.2. The summed E-state index contributed by atoms with van der Waals surface area (Å²) in [7, 11) is 0. The number of carbonyl (C=O) groups is 2. The largest absolute Gasteiger partial charge is 0.478 e. The summed E-state index contributed by atoms with van der Waals surface area (Å²) in [5.41, 5.74) is 1.53. The molecule has 1 aliphatic heterocycles. The van der Waals surface area contributed by atoms with Crippen LogP contribution in [0, 0.1) is 6.92 Å². The first-order valence-electron chi connectivity index (χ1n) is 7.78. The summed E-state index contributed by atoms with van der Waals surface area (Å²) in [4.78, 5) is 25.4. The molecule has 2 N–H and O–H groups in total. The van der Waals surface area contributed by atoms with E-state index in [-0.39, 0.29) is 17.2 Å². The van der Waals surface area contributed by atoms with E-state index in [0.717, 1.165) is 31.7 Å². The molecule has 1 aromatic carbocycles. The molecule has 1 aliphatic rings. The Morgan fingerprint density at radius 1 is 1.12 bits per heavy atom. The number of nitrogens with zero attached hydrogens (tertiary/aromatic N) is 3. The van der Waals surface area contributed by atoms with Crippen LogP contribution in [0.25, 0.3) is 0 Å². The molecule has 7 heteroatoms. The summed E-state index contributed by atoms with van der Waals surface area (Å²) in [6, 6.07) is 8.09. The Morgan fingerprint density at radius 2 is 1.88 bits per heavy atom. The molecule has 24 heavy (non-hydrogen) atoms. The Labute approximate surface area is 139 Å². The number of hydrogen-bond donors (Lipinski definition) is 2. The maximum absolute atomic E-state index is 12.2. The maximum Gasteiger partial charge on any atom is 0.335 e. The van der Waals surface area contributed by atoms with Gasteiger partial charge >= 0.3 is 5.97 Å². The quantitative estimate of drug-likeness (QED) is 0.895. The molecule has 1 aromatic heterocycles. The topological polar surface area (TPSA) is 95.4 Å². The molecule has 0 aliphatic carbocycles. The van der Waals surface area contributed by atoms with Gasteiger partial charge in [0.25, 0.3) is 5.91 Å². The lowest BCUT2D eigenvalue weighted by atomic mass is 10.1. The van der Waals surface area contributed by atoms with E-state index < -0.39 is 5.97 Å². The number of amides is 1. The highest BCUT2D eigenvalue weighted by Crippen LogP contribution is 2.18. The van der Waals surface area contributed by atoms with Crippen LogP contribution in [-0.4, -0.2) is 40.3 Å². The summed E-state index contributed by atoms with van der Waals surface area (Å²) >= 11 is 0. The van der Waals surface area contributed by atoms with Gasteiger partial charge < -0.3 is 15.3 Å². The molecule has 0 radical (unpaired) electrons. The fourth-order valence-corrected chi connectivity index (χ4v) is 2.74. The summed E-state index contributed by atoms with van der Waals surface area (Å²) in [5.74, 6) is -0.586. The molecule has 1 saturated heterocycles. The van der Waals surface area contributed by atoms with Crippen LogP contribution < -0.4 is 10.2 Å². The number of hydrogen-bond acceptors (Lipinski definition) is 5. The van der Waals surface area contributed by atoms with E-state index in [1.54, 1.807) is 31.2 Å². The van der Waals surface area contributed by atoms with Crippen LogP contribution in [0.5, 0.6) is 0 Å². The molecular weight excluding hydrogens is 308 g/mol. The number of nitrogens with one attached hydrogen (secondary N) is 1. The van der Waals surface area contributed by atoms with E-state index >= 15 is 0 Å². The SMILES string of the molecule is Cc1cc(NC(=O)c2ccc(N3CCCC3)nn2)ccc1C(=O)O. The van der Waals surface area contributed by atoms with Gasteiger partial charge in [-0.3, -0.25) is 4.79 Å². The Bertz CT molecular complexity index is 768. The number of anilines is 2. The van der Waals surface area contributed by atoms with Crippen LogP contribution >= 0.6 is 0 Å². The molecule has 2 aromatic rings. The molecule has 0 spiro atoms. The molecule has 1 amide bonds. The minimum absolute atomic E-state index is 0.211. The van der Waals surface area contributed by atoms with Crippen molar-refractivity contribution in [1.82, 2.24) is 10.2 Å². The Balaban J connectivity index is 1.70. The van der Waals surface area contributed by atoms with Gasteiger partial charge in [0.2, 0.25) is 0 Å². The second-order valence-electron chi connectivity index (χ2n) is 5.76. The van der Waals surface area contributed by atoms with Gasteiger partial charge in [0, 0.05) is 18.8 Å². The lowest BCUT2D eigenvalue weighted by molar-refractivity contribution is 0.0696. The molecule has 1 fully saturated rings. The number of carboxylic acid groups (broad SMARTS) is 1. The van der Waals surface area contributed by atoms with Crippen molar-refractivity contribution < 1.29 is 14.7 Å². The second kappa shape index (κ2) is 6.66. The van der Waals surface area contributed by atoms with Crippen molar-refractivity contribution in [3.05, 3.63) is 47.2 Å². The average Bonchev–Trinajstić information content (AvgIpc) is 3.09. The summed E-state index contributed by atoms with van der Waals surface area (Å²) in [5, 5.41) is 19.8. The van der Waals surface area contributed by atoms with Crippen molar-refractivity contribution in [2.24, 2.45) is 0 Å². The summed E-state index contributed by atoms with van der Waals surface area (Å²) < 4.78 is 0. The minimum atomic E-state index is -0.992. The lowest BCUT2D eigenvalue weighted by Gasteiger charge is -2.15. The van der Waals surface area contributed by atoms with Gasteiger partial charge in [0.1, 0.15) is 0 Å². The number of aryl methyl sites for hydroxylation is 1. The number of benzene rings is 1. The van der Waals surface area contributed by atoms with Crippen LogP contribution in [0.15, 0.2) is 30.3 Å². The van der Waals surface area contributed by atoms with Gasteiger partial charge in [-0.05, 0) is 55.7 Å². The van der Waals surface area contributed by atoms with Crippen LogP contribution in [-0.2, 0) is 0 Å². The molecular formula is C17H18N4O3. The first-order chi connectivity index (χ1) is 11.5. The number of carboxylic acids is 1. The zero-order valence-electron chi connectivity index (χ0n) is 13.3. The van der Waals surface area contributed by atoms with Crippen molar-refractivity contribution in [2.45, 2.75) is 19.8 Å². The Hall–Kier alpha value is -2.96. The van der Waals surface area contributed by atoms with E-state index in [0.29, 0.717) is 11.3 Å². The highest BCUT2D eigenvalue weighted by molar-refractivity contribution is 6.03. The fourth-order valence-electron chi connectivity index (χ4n) is 2.74. The highest BCUT2D eigenvalue weighted by atomic mass is 16.4. The van der Waals surface area contributed by atoms with Gasteiger partial charge in [-0.1, -0.05) is 0 Å². The number of aromatic carboxylic acids is 1. The molecule has 0 unspecified atom stereocenters. The van der Waals surface area contributed by atoms with Crippen LogP contribution in [0.4, 0.5) is 11.5 Å². The van der Waals surface area contributed by atoms with Crippen molar-refractivity contribution >= 4 is 23.4 Å². The van der Waals surface area contributed by atoms with Gasteiger partial charge in [0.15, 0.2) is 11.5 Å². The number of rotatable bonds is 4. The molecule has 3 rings (SSSR count). The minimum Gasteiger partial charge on any atom is -0.478 e. The monoisotopic (exact) mass is 326 g/mol. The van der Waals surface area contributed by atoms with Gasteiger partial charge in [0.05, 0.1) is 5.56 Å². The Morgan fingerprint density at radius 3 is 2.46 bits per heavy atom. The molecule has 124 valence electrons. The van der Waals surface area contributed by atoms with Gasteiger partial charge in [-0.2, -0.15) is 0 Å². The predicted molar refractivity (Wildman–Crippen MR) is 89.6 cm³/mol. The van der Waals surface area contributed by atoms with Gasteiger partial charge in [-0.25, -0.2) is 4.79 Å². The van der Waals surface area contributed by atoms with Crippen molar-refractivity contribution in [2.75, 3.05) is 23.3 Å². The van der Waals surface area contributed by atoms with E-state index in [4.69, 9.17) is 5.11 Å². The zero-order chi connectivity index (χ0) is 17.1. The summed E-state index contributed by atoms with van der Waals surface area (Å²) in [6.45, 7) is 3.62. The third-order valence-electron chi connectivity index (χ3n) is 4.03. The first-order valence-corrected chi connectivity index (χ1v) is 7.78. The molecule has 2 heterocycles. The molecule has 0 bridgehead atoms. The summed E-state index contributed by atoms with van der Waals surface area (Å²) in [6.07, 6.45) is 2.30. The van der Waals surface area contributed by atoms with E-state index in [2.05, 4.69) is 20.4 Å². The van der Waals surface area contributed by atoms with Crippen LogP contribution in [0.3, 0.4) is 0 Å². The van der Waals surface area contributed by atoms with E-state index in [1.165, 1.54) is 6.07 Å². The molecule has 0 atom stereocenters. The molecule has 7 nitrogen and oxygen atoms in total. The van der Waals surface area contributed by atoms with Crippen LogP contribution in [0.2, 0.25) is 0 Å². The predicted octanol–water partition coefficient (Wildman–Crippen LogP) is 2.34. The number of aromatic nitrogens is 2. The van der Waals surface area contributed by atoms with Crippen molar-refractivity contribution in [3.63, 3.8) is 0 Å². The lowest BCUT2D eigenvalue weighted by Crippen LogP contribution is -2.21. The fraction of sp³-hybridized carbons (Fsp3) is 0.294. The third-order valence-corrected chi connectivity index (χ3v) is 4.03. The average molecular weight is 326 g/mol. The normalized spacial score (nSPS) is 13.8. The van der Waals surface area contributed by atoms with Gasteiger partial charge in [-0.15, -0.1) is 10.2 Å². The van der Waals surface area contributed by atoms with Crippen molar-refractivity contribution in [1.29, 1.82) is 0 Å². The first kappa shape index (κ1) is 15.9. The van der Waals surface area contributed by atoms with E-state index in [1.807, 2.05) is 0 Å². The third kappa shape index (κ3) is 3.34. The highest BCUT2D eigenvalue weighted by Gasteiger charge is 2.16. The van der Waals surface area contributed by atoms with Crippen LogP contribution in [0.1, 0.15) is 39.3 Å². The smallest absolute Gasteiger partial charge is 0.335 e. The number of carbonyl (C=O) groups excluding carboxylic acids is 1. The van der Waals surface area contributed by atoms with E-state index in [9.17, 15) is 9.59 Å². The zero-order valence-corrected chi connectivity index (χ0v) is 13.3.